The van der Waals surface area contributed by atoms with Crippen molar-refractivity contribution in [1.29, 1.82) is 0 Å². The molecular weight excluding hydrogens is 190 g/mol. The smallest absolute Gasteiger partial charge is 0.117 e. The topological polar surface area (TPSA) is 36.6 Å². The summed E-state index contributed by atoms with van der Waals surface area (Å²) in [6.07, 6.45) is 2.47. The predicted molar refractivity (Wildman–Crippen MR) is 60.6 cm³/mol. The van der Waals surface area contributed by atoms with Crippen LogP contribution in [0.15, 0.2) is 22.8 Å². The van der Waals surface area contributed by atoms with Gasteiger partial charge in [0.2, 0.25) is 0 Å². The molecule has 1 aromatic heterocycles. The lowest BCUT2D eigenvalue weighted by Gasteiger charge is -2.24. The monoisotopic (exact) mass is 211 g/mol. The molecule has 86 valence electrons. The Kier molecular flexibility index (Phi) is 4.36. The van der Waals surface area contributed by atoms with E-state index in [9.17, 15) is 5.11 Å². The van der Waals surface area contributed by atoms with E-state index in [0.29, 0.717) is 0 Å². The highest BCUT2D eigenvalue weighted by Gasteiger charge is 2.14. The first-order valence-corrected chi connectivity index (χ1v) is 5.48. The molecule has 0 saturated carbocycles. The summed E-state index contributed by atoms with van der Waals surface area (Å²) in [5, 5.41) is 9.64. The minimum atomic E-state index is -0.587. The Hall–Kier alpha value is -0.800. The number of hydrogen-bond donors (Lipinski definition) is 1. The van der Waals surface area contributed by atoms with Gasteiger partial charge in [0.05, 0.1) is 18.4 Å². The maximum Gasteiger partial charge on any atom is 0.117 e. The van der Waals surface area contributed by atoms with E-state index in [0.717, 1.165) is 31.8 Å². The highest BCUT2D eigenvalue weighted by molar-refractivity contribution is 4.97. The van der Waals surface area contributed by atoms with Crippen LogP contribution in [0.3, 0.4) is 0 Å². The third kappa shape index (κ3) is 5.00. The van der Waals surface area contributed by atoms with E-state index in [2.05, 4.69) is 11.8 Å². The molecule has 1 heterocycles. The number of aliphatic hydroxyl groups is 1. The SMILES string of the molecule is CCN(CCC(C)(C)O)Cc1ccco1. The van der Waals surface area contributed by atoms with E-state index in [1.54, 1.807) is 6.26 Å². The summed E-state index contributed by atoms with van der Waals surface area (Å²) >= 11 is 0. The van der Waals surface area contributed by atoms with E-state index in [-0.39, 0.29) is 0 Å². The van der Waals surface area contributed by atoms with Gasteiger partial charge in [-0.25, -0.2) is 0 Å². The largest absolute Gasteiger partial charge is 0.468 e. The molecule has 1 aromatic rings. The zero-order valence-electron chi connectivity index (χ0n) is 9.86. The van der Waals surface area contributed by atoms with Crippen LogP contribution in [0.4, 0.5) is 0 Å². The van der Waals surface area contributed by atoms with Crippen molar-refractivity contribution in [3.63, 3.8) is 0 Å². The molecule has 0 aliphatic heterocycles. The number of nitrogens with zero attached hydrogens (tertiary/aromatic N) is 1. The molecule has 0 unspecified atom stereocenters. The molecule has 0 saturated heterocycles. The van der Waals surface area contributed by atoms with Crippen LogP contribution in [0, 0.1) is 0 Å². The summed E-state index contributed by atoms with van der Waals surface area (Å²) in [6.45, 7) is 8.48. The first-order valence-electron chi connectivity index (χ1n) is 5.48. The van der Waals surface area contributed by atoms with E-state index < -0.39 is 5.60 Å². The normalized spacial score (nSPS) is 12.3. The molecule has 0 fully saturated rings. The molecule has 0 bridgehead atoms. The van der Waals surface area contributed by atoms with Crippen molar-refractivity contribution < 1.29 is 9.52 Å². The second kappa shape index (κ2) is 5.33. The first-order chi connectivity index (χ1) is 7.01. The zero-order chi connectivity index (χ0) is 11.3. The van der Waals surface area contributed by atoms with Gasteiger partial charge in [-0.3, -0.25) is 4.90 Å². The maximum atomic E-state index is 9.64. The van der Waals surface area contributed by atoms with Crippen molar-refractivity contribution in [2.75, 3.05) is 13.1 Å². The van der Waals surface area contributed by atoms with Gasteiger partial charge in [-0.1, -0.05) is 6.92 Å². The molecule has 3 heteroatoms. The van der Waals surface area contributed by atoms with Crippen LogP contribution in [0.1, 0.15) is 33.0 Å². The molecule has 3 nitrogen and oxygen atoms in total. The van der Waals surface area contributed by atoms with E-state index >= 15 is 0 Å². The molecule has 0 aliphatic rings. The Balaban J connectivity index is 2.36. The van der Waals surface area contributed by atoms with Crippen LogP contribution >= 0.6 is 0 Å². The van der Waals surface area contributed by atoms with Crippen LogP contribution in [-0.2, 0) is 6.54 Å². The van der Waals surface area contributed by atoms with Crippen molar-refractivity contribution >= 4 is 0 Å². The molecule has 1 rings (SSSR count). The van der Waals surface area contributed by atoms with Gasteiger partial charge >= 0.3 is 0 Å². The van der Waals surface area contributed by atoms with Crippen molar-refractivity contribution in [3.05, 3.63) is 24.2 Å². The Morgan fingerprint density at radius 2 is 2.20 bits per heavy atom. The van der Waals surface area contributed by atoms with Gasteiger partial charge in [-0.05, 0) is 38.9 Å². The van der Waals surface area contributed by atoms with Crippen LogP contribution in [0.2, 0.25) is 0 Å². The average Bonchev–Trinajstić information content (AvgIpc) is 2.63. The highest BCUT2D eigenvalue weighted by atomic mass is 16.3. The average molecular weight is 211 g/mol. The highest BCUT2D eigenvalue weighted by Crippen LogP contribution is 2.11. The van der Waals surface area contributed by atoms with E-state index in [4.69, 9.17) is 4.42 Å². The van der Waals surface area contributed by atoms with Gasteiger partial charge in [0.15, 0.2) is 0 Å². The van der Waals surface area contributed by atoms with Gasteiger partial charge in [-0.15, -0.1) is 0 Å². The lowest BCUT2D eigenvalue weighted by Crippen LogP contribution is -2.30. The standard InChI is InChI=1S/C12H21NO2/c1-4-13(8-7-12(2,3)14)10-11-6-5-9-15-11/h5-6,9,14H,4,7-8,10H2,1-3H3. The number of rotatable bonds is 6. The quantitative estimate of drug-likeness (QED) is 0.784. The fraction of sp³-hybridized carbons (Fsp3) is 0.667. The molecule has 0 atom stereocenters. The van der Waals surface area contributed by atoms with Gasteiger partial charge < -0.3 is 9.52 Å². The summed E-state index contributed by atoms with van der Waals surface area (Å²) in [5.41, 5.74) is -0.587. The fourth-order valence-corrected chi connectivity index (χ4v) is 1.40. The van der Waals surface area contributed by atoms with Crippen molar-refractivity contribution in [1.82, 2.24) is 4.90 Å². The maximum absolute atomic E-state index is 9.64. The third-order valence-corrected chi connectivity index (χ3v) is 2.45. The Labute approximate surface area is 91.7 Å². The fourth-order valence-electron chi connectivity index (χ4n) is 1.40. The van der Waals surface area contributed by atoms with Crippen molar-refractivity contribution in [2.45, 2.75) is 39.3 Å². The third-order valence-electron chi connectivity index (χ3n) is 2.45. The second-order valence-corrected chi connectivity index (χ2v) is 4.51. The predicted octanol–water partition coefficient (Wildman–Crippen LogP) is 2.26. The lowest BCUT2D eigenvalue weighted by atomic mass is 10.1. The Bertz CT molecular complexity index is 262. The van der Waals surface area contributed by atoms with Crippen LogP contribution in [0.25, 0.3) is 0 Å². The summed E-state index contributed by atoms with van der Waals surface area (Å²) in [6, 6.07) is 3.88. The Morgan fingerprint density at radius 1 is 1.47 bits per heavy atom. The summed E-state index contributed by atoms with van der Waals surface area (Å²) in [4.78, 5) is 2.26. The van der Waals surface area contributed by atoms with Crippen molar-refractivity contribution in [3.8, 4) is 0 Å². The summed E-state index contributed by atoms with van der Waals surface area (Å²) < 4.78 is 5.29. The van der Waals surface area contributed by atoms with Gasteiger partial charge in [0, 0.05) is 6.54 Å². The number of hydrogen-bond acceptors (Lipinski definition) is 3. The lowest BCUT2D eigenvalue weighted by molar-refractivity contribution is 0.0564. The molecule has 0 radical (unpaired) electrons. The minimum absolute atomic E-state index is 0.587. The van der Waals surface area contributed by atoms with Gasteiger partial charge in [0.25, 0.3) is 0 Å². The molecule has 0 aliphatic carbocycles. The van der Waals surface area contributed by atoms with Crippen LogP contribution in [-0.4, -0.2) is 28.7 Å². The minimum Gasteiger partial charge on any atom is -0.468 e. The van der Waals surface area contributed by atoms with Crippen LogP contribution < -0.4 is 0 Å². The Morgan fingerprint density at radius 3 is 2.67 bits per heavy atom. The molecule has 15 heavy (non-hydrogen) atoms. The van der Waals surface area contributed by atoms with Crippen LogP contribution in [0.5, 0.6) is 0 Å². The van der Waals surface area contributed by atoms with Gasteiger partial charge in [0.1, 0.15) is 5.76 Å². The zero-order valence-corrected chi connectivity index (χ0v) is 9.86. The molecule has 0 spiro atoms. The van der Waals surface area contributed by atoms with E-state index in [1.165, 1.54) is 0 Å². The number of furan rings is 1. The first kappa shape index (κ1) is 12.3. The van der Waals surface area contributed by atoms with Gasteiger partial charge in [-0.2, -0.15) is 0 Å². The molecule has 0 amide bonds. The molecular formula is C12H21NO2. The van der Waals surface area contributed by atoms with Crippen molar-refractivity contribution in [2.24, 2.45) is 0 Å². The molecule has 0 aromatic carbocycles. The summed E-state index contributed by atoms with van der Waals surface area (Å²) in [7, 11) is 0. The second-order valence-electron chi connectivity index (χ2n) is 4.51. The molecule has 1 N–H and O–H groups in total. The van der Waals surface area contributed by atoms with E-state index in [1.807, 2.05) is 26.0 Å². The summed E-state index contributed by atoms with van der Waals surface area (Å²) in [5.74, 6) is 0.979.